The molecule has 2 atom stereocenters. The zero-order valence-corrected chi connectivity index (χ0v) is 19.2. The molecule has 0 spiro atoms. The van der Waals surface area contributed by atoms with Crippen molar-refractivity contribution < 1.29 is 4.74 Å². The van der Waals surface area contributed by atoms with Crippen LogP contribution >= 0.6 is 0 Å². The molecule has 0 aliphatic carbocycles. The Bertz CT molecular complexity index is 1170. The molecular formula is C28H31N3O. The van der Waals surface area contributed by atoms with Crippen LogP contribution in [-0.4, -0.2) is 40.8 Å². The zero-order chi connectivity index (χ0) is 21.8. The monoisotopic (exact) mass is 425 g/mol. The van der Waals surface area contributed by atoms with Gasteiger partial charge in [-0.25, -0.2) is 0 Å². The lowest BCUT2D eigenvalue weighted by Crippen LogP contribution is -2.33. The number of benzene rings is 3. The predicted octanol–water partition coefficient (Wildman–Crippen LogP) is 5.02. The van der Waals surface area contributed by atoms with Gasteiger partial charge in [0.25, 0.3) is 0 Å². The Labute approximate surface area is 191 Å². The van der Waals surface area contributed by atoms with Crippen molar-refractivity contribution in [1.29, 1.82) is 0 Å². The minimum Gasteiger partial charge on any atom is -0.482 e. The highest BCUT2D eigenvalue weighted by Gasteiger charge is 2.29. The van der Waals surface area contributed by atoms with Crippen molar-refractivity contribution in [1.82, 2.24) is 0 Å². The predicted molar refractivity (Wildman–Crippen MR) is 133 cm³/mol. The van der Waals surface area contributed by atoms with Crippen LogP contribution in [0.5, 0.6) is 5.75 Å². The van der Waals surface area contributed by atoms with Crippen LogP contribution in [0.4, 0.5) is 17.1 Å². The SMILES string of the molecule is CN1CCc2ccc(C3Cc4cc(C5CN(C)c6ccccc6O5)ccc4N(C)C3)cc21. The van der Waals surface area contributed by atoms with Crippen molar-refractivity contribution in [2.24, 2.45) is 0 Å². The molecule has 32 heavy (non-hydrogen) atoms. The van der Waals surface area contributed by atoms with Gasteiger partial charge in [-0.05, 0) is 65.4 Å². The summed E-state index contributed by atoms with van der Waals surface area (Å²) in [4.78, 5) is 7.12. The molecule has 3 heterocycles. The summed E-state index contributed by atoms with van der Waals surface area (Å²) < 4.78 is 6.42. The first-order valence-corrected chi connectivity index (χ1v) is 11.7. The van der Waals surface area contributed by atoms with Crippen LogP contribution in [0.1, 0.15) is 34.3 Å². The zero-order valence-electron chi connectivity index (χ0n) is 19.2. The van der Waals surface area contributed by atoms with Gasteiger partial charge in [-0.2, -0.15) is 0 Å². The van der Waals surface area contributed by atoms with Crippen LogP contribution < -0.4 is 19.4 Å². The van der Waals surface area contributed by atoms with E-state index in [1.54, 1.807) is 0 Å². The lowest BCUT2D eigenvalue weighted by molar-refractivity contribution is 0.200. The minimum absolute atomic E-state index is 0.0551. The Morgan fingerprint density at radius 2 is 1.53 bits per heavy atom. The molecular weight excluding hydrogens is 394 g/mol. The van der Waals surface area contributed by atoms with E-state index in [2.05, 4.69) is 96.5 Å². The summed E-state index contributed by atoms with van der Waals surface area (Å²) in [6.45, 7) is 3.06. The van der Waals surface area contributed by atoms with Crippen molar-refractivity contribution in [2.75, 3.05) is 55.5 Å². The van der Waals surface area contributed by atoms with E-state index in [-0.39, 0.29) is 6.10 Å². The number of ether oxygens (including phenoxy) is 1. The minimum atomic E-state index is 0.0551. The first-order chi connectivity index (χ1) is 15.6. The molecule has 0 radical (unpaired) electrons. The van der Waals surface area contributed by atoms with Gasteiger partial charge in [0.2, 0.25) is 0 Å². The fourth-order valence-corrected chi connectivity index (χ4v) is 5.72. The molecule has 3 aromatic rings. The van der Waals surface area contributed by atoms with E-state index in [0.29, 0.717) is 5.92 Å². The third-order valence-electron chi connectivity index (χ3n) is 7.54. The van der Waals surface area contributed by atoms with Gasteiger partial charge in [-0.15, -0.1) is 0 Å². The average molecular weight is 426 g/mol. The molecule has 0 fully saturated rings. The Kier molecular flexibility index (Phi) is 4.56. The summed E-state index contributed by atoms with van der Waals surface area (Å²) in [5.74, 6) is 1.49. The van der Waals surface area contributed by atoms with E-state index in [9.17, 15) is 0 Å². The maximum Gasteiger partial charge on any atom is 0.143 e. The lowest BCUT2D eigenvalue weighted by Gasteiger charge is -2.36. The molecule has 6 rings (SSSR count). The van der Waals surface area contributed by atoms with Gasteiger partial charge in [-0.3, -0.25) is 0 Å². The van der Waals surface area contributed by atoms with E-state index >= 15 is 0 Å². The number of hydrogen-bond acceptors (Lipinski definition) is 4. The molecule has 0 saturated carbocycles. The largest absolute Gasteiger partial charge is 0.482 e. The highest BCUT2D eigenvalue weighted by atomic mass is 16.5. The highest BCUT2D eigenvalue weighted by molar-refractivity contribution is 5.63. The number of nitrogens with zero attached hydrogens (tertiary/aromatic N) is 3. The molecule has 3 aliphatic rings. The Morgan fingerprint density at radius 1 is 0.719 bits per heavy atom. The number of rotatable bonds is 2. The van der Waals surface area contributed by atoms with Gasteiger partial charge in [0.15, 0.2) is 0 Å². The Morgan fingerprint density at radius 3 is 2.44 bits per heavy atom. The number of likely N-dealkylation sites (N-methyl/N-ethyl adjacent to an activating group) is 3. The lowest BCUT2D eigenvalue weighted by atomic mass is 9.85. The standard InChI is InChI=1S/C28H31N3O/c1-29-13-12-19-8-9-20(16-26(19)29)23-15-22-14-21(10-11-24(22)30(2)17-23)28-18-31(3)25-6-4-5-7-27(25)32-28/h4-11,14,16,23,28H,12-13,15,17-18H2,1-3H3. The second-order valence-electron chi connectivity index (χ2n) is 9.68. The molecule has 0 amide bonds. The van der Waals surface area contributed by atoms with Crippen molar-refractivity contribution in [3.63, 3.8) is 0 Å². The second-order valence-corrected chi connectivity index (χ2v) is 9.68. The number of anilines is 3. The molecule has 4 heteroatoms. The normalized spacial score (nSPS) is 21.7. The smallest absolute Gasteiger partial charge is 0.143 e. The van der Waals surface area contributed by atoms with Crippen LogP contribution in [0, 0.1) is 0 Å². The van der Waals surface area contributed by atoms with Crippen molar-refractivity contribution >= 4 is 17.1 Å². The van der Waals surface area contributed by atoms with E-state index in [1.165, 1.54) is 45.7 Å². The maximum absolute atomic E-state index is 6.42. The van der Waals surface area contributed by atoms with E-state index < -0.39 is 0 Å². The molecule has 0 aromatic heterocycles. The molecule has 3 aliphatic heterocycles. The second kappa shape index (κ2) is 7.47. The molecule has 164 valence electrons. The summed E-state index contributed by atoms with van der Waals surface area (Å²) >= 11 is 0. The van der Waals surface area contributed by atoms with Crippen LogP contribution in [0.15, 0.2) is 60.7 Å². The summed E-state index contributed by atoms with van der Waals surface area (Å²) in [5, 5.41) is 0. The molecule has 4 nitrogen and oxygen atoms in total. The van der Waals surface area contributed by atoms with Gasteiger partial charge in [0.05, 0.1) is 12.2 Å². The number of para-hydroxylation sites is 2. The topological polar surface area (TPSA) is 19.0 Å². The van der Waals surface area contributed by atoms with Gasteiger partial charge in [0, 0.05) is 51.5 Å². The van der Waals surface area contributed by atoms with Crippen LogP contribution in [0.2, 0.25) is 0 Å². The van der Waals surface area contributed by atoms with Crippen LogP contribution in [0.3, 0.4) is 0 Å². The fourth-order valence-electron chi connectivity index (χ4n) is 5.72. The summed E-state index contributed by atoms with van der Waals surface area (Å²) in [6.07, 6.45) is 2.30. The van der Waals surface area contributed by atoms with Gasteiger partial charge < -0.3 is 19.4 Å². The van der Waals surface area contributed by atoms with Crippen LogP contribution in [-0.2, 0) is 12.8 Å². The van der Waals surface area contributed by atoms with Crippen LogP contribution in [0.25, 0.3) is 0 Å². The quantitative estimate of drug-likeness (QED) is 0.573. The first kappa shape index (κ1) is 19.5. The van der Waals surface area contributed by atoms with Gasteiger partial charge >= 0.3 is 0 Å². The van der Waals surface area contributed by atoms with Gasteiger partial charge in [0.1, 0.15) is 11.9 Å². The Hall–Kier alpha value is -3.14. The molecule has 0 saturated heterocycles. The summed E-state index contributed by atoms with van der Waals surface area (Å²) in [7, 11) is 6.59. The summed E-state index contributed by atoms with van der Waals surface area (Å²) in [5.41, 5.74) is 9.59. The van der Waals surface area contributed by atoms with E-state index in [4.69, 9.17) is 4.74 Å². The molecule has 0 bridgehead atoms. The van der Waals surface area contributed by atoms with Crippen molar-refractivity contribution in [3.05, 3.63) is 82.9 Å². The van der Waals surface area contributed by atoms with E-state index in [0.717, 1.165) is 31.8 Å². The van der Waals surface area contributed by atoms with Gasteiger partial charge in [-0.1, -0.05) is 30.3 Å². The molecule has 3 aromatic carbocycles. The third-order valence-corrected chi connectivity index (χ3v) is 7.54. The maximum atomic E-state index is 6.42. The fraction of sp³-hybridized carbons (Fsp3) is 0.357. The average Bonchev–Trinajstić information content (AvgIpc) is 3.18. The van der Waals surface area contributed by atoms with Crippen molar-refractivity contribution in [2.45, 2.75) is 24.9 Å². The number of hydrogen-bond donors (Lipinski definition) is 0. The van der Waals surface area contributed by atoms with Crippen molar-refractivity contribution in [3.8, 4) is 5.75 Å². The Balaban J connectivity index is 1.29. The third kappa shape index (κ3) is 3.21. The highest BCUT2D eigenvalue weighted by Crippen LogP contribution is 2.40. The molecule has 0 N–H and O–H groups in total. The molecule has 2 unspecified atom stereocenters. The number of fused-ring (bicyclic) bond motifs is 3. The first-order valence-electron chi connectivity index (χ1n) is 11.7. The summed E-state index contributed by atoms with van der Waals surface area (Å²) in [6, 6.07) is 22.4. The van der Waals surface area contributed by atoms with E-state index in [1.807, 2.05) is 0 Å².